The highest BCUT2D eigenvalue weighted by atomic mass is 35.5. The Kier molecular flexibility index (Phi) is 6.04. The Morgan fingerprint density at radius 3 is 2.52 bits per heavy atom. The molecular weight excluding hydrogens is 314 g/mol. The maximum absolute atomic E-state index is 11.8. The number of nitrogens with zero attached hydrogens (tertiary/aromatic N) is 1. The molecule has 0 aromatic heterocycles. The van der Waals surface area contributed by atoms with E-state index in [1.54, 1.807) is 17.0 Å². The molecule has 1 rings (SSSR count). The average molecular weight is 334 g/mol. The van der Waals surface area contributed by atoms with Gasteiger partial charge in [-0.3, -0.25) is 4.79 Å². The quantitative estimate of drug-likeness (QED) is 0.751. The molecule has 21 heavy (non-hydrogen) atoms. The van der Waals surface area contributed by atoms with Crippen LogP contribution in [0.3, 0.4) is 0 Å². The van der Waals surface area contributed by atoms with Gasteiger partial charge in [0.1, 0.15) is 5.75 Å². The molecule has 1 aromatic carbocycles. The van der Waals surface area contributed by atoms with Crippen molar-refractivity contribution in [2.75, 3.05) is 6.26 Å². The maximum Gasteiger partial charge on any atom is 0.306 e. The van der Waals surface area contributed by atoms with Crippen LogP contribution in [0, 0.1) is 0 Å². The Morgan fingerprint density at radius 1 is 1.43 bits per heavy atom. The van der Waals surface area contributed by atoms with Crippen LogP contribution in [0.15, 0.2) is 18.2 Å². The van der Waals surface area contributed by atoms with Crippen LogP contribution >= 0.6 is 11.6 Å². The average Bonchev–Trinajstić information content (AvgIpc) is 2.36. The molecule has 118 valence electrons. The van der Waals surface area contributed by atoms with Crippen LogP contribution < -0.4 is 4.18 Å². The van der Waals surface area contributed by atoms with Crippen LogP contribution in [0.2, 0.25) is 5.02 Å². The largest absolute Gasteiger partial charge is 0.382 e. The van der Waals surface area contributed by atoms with Crippen molar-refractivity contribution in [1.29, 1.82) is 0 Å². The van der Waals surface area contributed by atoms with Crippen molar-refractivity contribution in [2.45, 2.75) is 39.8 Å². The molecule has 0 saturated heterocycles. The van der Waals surface area contributed by atoms with Crippen molar-refractivity contribution in [3.05, 3.63) is 28.8 Å². The van der Waals surface area contributed by atoms with E-state index in [1.165, 1.54) is 13.0 Å². The Balaban J connectivity index is 3.15. The first-order valence-electron chi connectivity index (χ1n) is 6.59. The lowest BCUT2D eigenvalue weighted by Gasteiger charge is -2.28. The fraction of sp³-hybridized carbons (Fsp3) is 0.500. The van der Waals surface area contributed by atoms with Gasteiger partial charge in [-0.05, 0) is 31.5 Å². The predicted octanol–water partition coefficient (Wildman–Crippen LogP) is 2.83. The van der Waals surface area contributed by atoms with Crippen LogP contribution in [-0.4, -0.2) is 31.5 Å². The zero-order valence-corrected chi connectivity index (χ0v) is 14.2. The lowest BCUT2D eigenvalue weighted by Crippen LogP contribution is -2.36. The fourth-order valence-corrected chi connectivity index (χ4v) is 2.58. The number of hydrogen-bond donors (Lipinski definition) is 0. The van der Waals surface area contributed by atoms with Gasteiger partial charge >= 0.3 is 10.1 Å². The lowest BCUT2D eigenvalue weighted by atomic mass is 10.1. The second-order valence-electron chi connectivity index (χ2n) is 4.94. The molecule has 1 amide bonds. The summed E-state index contributed by atoms with van der Waals surface area (Å²) in [5, 5.41) is 0.457. The van der Waals surface area contributed by atoms with Crippen LogP contribution in [0.4, 0.5) is 0 Å². The van der Waals surface area contributed by atoms with Crippen LogP contribution in [0.25, 0.3) is 0 Å². The molecule has 1 aromatic rings. The molecule has 0 unspecified atom stereocenters. The van der Waals surface area contributed by atoms with E-state index in [0.29, 0.717) is 10.6 Å². The van der Waals surface area contributed by atoms with Crippen molar-refractivity contribution >= 4 is 27.6 Å². The number of hydrogen-bond acceptors (Lipinski definition) is 4. The zero-order valence-electron chi connectivity index (χ0n) is 12.6. The first kappa shape index (κ1) is 17.8. The summed E-state index contributed by atoms with van der Waals surface area (Å²) in [6, 6.07) is 4.69. The molecule has 0 aliphatic heterocycles. The van der Waals surface area contributed by atoms with Crippen molar-refractivity contribution in [1.82, 2.24) is 4.90 Å². The molecule has 0 heterocycles. The van der Waals surface area contributed by atoms with Gasteiger partial charge in [-0.2, -0.15) is 8.42 Å². The van der Waals surface area contributed by atoms with Crippen molar-refractivity contribution in [2.24, 2.45) is 0 Å². The summed E-state index contributed by atoms with van der Waals surface area (Å²) in [6.07, 6.45) is 1.77. The van der Waals surface area contributed by atoms with E-state index >= 15 is 0 Å². The van der Waals surface area contributed by atoms with Gasteiger partial charge in [-0.1, -0.05) is 18.5 Å². The van der Waals surface area contributed by atoms with E-state index < -0.39 is 10.1 Å². The lowest BCUT2D eigenvalue weighted by molar-refractivity contribution is -0.131. The third-order valence-electron chi connectivity index (χ3n) is 3.13. The first-order chi connectivity index (χ1) is 9.64. The first-order valence-corrected chi connectivity index (χ1v) is 8.78. The molecular formula is C14H20ClNO4S. The molecule has 0 radical (unpaired) electrons. The number of carbonyl (C=O) groups is 1. The van der Waals surface area contributed by atoms with Crippen LogP contribution in [-0.2, 0) is 21.5 Å². The third kappa shape index (κ3) is 5.55. The highest BCUT2D eigenvalue weighted by Gasteiger charge is 2.19. The minimum atomic E-state index is -3.64. The van der Waals surface area contributed by atoms with Crippen LogP contribution in [0.5, 0.6) is 5.75 Å². The smallest absolute Gasteiger partial charge is 0.306 e. The molecule has 0 N–H and O–H groups in total. The molecule has 5 nitrogen and oxygen atoms in total. The fourth-order valence-electron chi connectivity index (χ4n) is 1.90. The van der Waals surface area contributed by atoms with Crippen molar-refractivity contribution < 1.29 is 17.4 Å². The highest BCUT2D eigenvalue weighted by Crippen LogP contribution is 2.26. The van der Waals surface area contributed by atoms with E-state index in [2.05, 4.69) is 0 Å². The topological polar surface area (TPSA) is 63.7 Å². The van der Waals surface area contributed by atoms with Crippen LogP contribution in [0.1, 0.15) is 32.8 Å². The number of rotatable bonds is 6. The van der Waals surface area contributed by atoms with Gasteiger partial charge in [0.05, 0.1) is 6.26 Å². The number of halogens is 1. The molecule has 0 bridgehead atoms. The zero-order chi connectivity index (χ0) is 16.2. The second kappa shape index (κ2) is 7.13. The van der Waals surface area contributed by atoms with Gasteiger partial charge in [0.25, 0.3) is 0 Å². The summed E-state index contributed by atoms with van der Waals surface area (Å²) in [4.78, 5) is 13.4. The Bertz CT molecular complexity index is 615. The van der Waals surface area contributed by atoms with E-state index in [9.17, 15) is 13.2 Å². The minimum Gasteiger partial charge on any atom is -0.382 e. The maximum atomic E-state index is 11.8. The standard InChI is InChI=1S/C14H20ClNO4S/c1-5-10(2)16(11(3)17)9-12-8-13(15)6-7-14(12)20-21(4,18)19/h6-8,10H,5,9H2,1-4H3/t10-/m0/s1. The van der Waals surface area contributed by atoms with Gasteiger partial charge < -0.3 is 9.08 Å². The SMILES string of the molecule is CC[C@H](C)N(Cc1cc(Cl)ccc1OS(C)(=O)=O)C(C)=O. The molecule has 0 aliphatic carbocycles. The molecule has 0 saturated carbocycles. The van der Waals surface area contributed by atoms with E-state index in [1.807, 2.05) is 13.8 Å². The molecule has 0 spiro atoms. The second-order valence-corrected chi connectivity index (χ2v) is 6.96. The van der Waals surface area contributed by atoms with Gasteiger partial charge in [-0.15, -0.1) is 0 Å². The predicted molar refractivity (Wildman–Crippen MR) is 82.9 cm³/mol. The van der Waals surface area contributed by atoms with E-state index in [-0.39, 0.29) is 24.2 Å². The third-order valence-corrected chi connectivity index (χ3v) is 3.85. The van der Waals surface area contributed by atoms with Crippen molar-refractivity contribution in [3.8, 4) is 5.75 Å². The molecule has 0 fully saturated rings. The number of benzene rings is 1. The highest BCUT2D eigenvalue weighted by molar-refractivity contribution is 7.86. The van der Waals surface area contributed by atoms with E-state index in [4.69, 9.17) is 15.8 Å². The van der Waals surface area contributed by atoms with Gasteiger partial charge in [0, 0.05) is 30.1 Å². The summed E-state index contributed by atoms with van der Waals surface area (Å²) < 4.78 is 27.6. The monoisotopic (exact) mass is 333 g/mol. The van der Waals surface area contributed by atoms with Gasteiger partial charge in [-0.25, -0.2) is 0 Å². The van der Waals surface area contributed by atoms with E-state index in [0.717, 1.165) is 12.7 Å². The number of carbonyl (C=O) groups excluding carboxylic acids is 1. The molecule has 7 heteroatoms. The summed E-state index contributed by atoms with van der Waals surface area (Å²) in [7, 11) is -3.64. The van der Waals surface area contributed by atoms with Crippen molar-refractivity contribution in [3.63, 3.8) is 0 Å². The molecule has 0 aliphatic rings. The normalized spacial score (nSPS) is 12.8. The number of amides is 1. The minimum absolute atomic E-state index is 0.0348. The van der Waals surface area contributed by atoms with Gasteiger partial charge in [0.15, 0.2) is 0 Å². The summed E-state index contributed by atoms with van der Waals surface area (Å²) in [5.41, 5.74) is 0.559. The Labute approximate surface area is 131 Å². The summed E-state index contributed by atoms with van der Waals surface area (Å²) >= 11 is 5.96. The molecule has 1 atom stereocenters. The summed E-state index contributed by atoms with van der Waals surface area (Å²) in [6.45, 7) is 5.64. The van der Waals surface area contributed by atoms with Gasteiger partial charge in [0.2, 0.25) is 5.91 Å². The Morgan fingerprint density at radius 2 is 2.05 bits per heavy atom. The Hall–Kier alpha value is -1.27. The summed E-state index contributed by atoms with van der Waals surface area (Å²) in [5.74, 6) is 0.103.